The van der Waals surface area contributed by atoms with E-state index in [4.69, 9.17) is 9.31 Å². The van der Waals surface area contributed by atoms with Gasteiger partial charge in [-0.05, 0) is 75.7 Å². The number of fused-ring (bicyclic) bond motifs is 1. The number of benzene rings is 1. The summed E-state index contributed by atoms with van der Waals surface area (Å²) in [5.41, 5.74) is 4.17. The number of hydrogen-bond donors (Lipinski definition) is 1. The lowest BCUT2D eigenvalue weighted by molar-refractivity contribution is 0.00578. The van der Waals surface area contributed by atoms with Gasteiger partial charge >= 0.3 is 7.12 Å². The molecule has 0 radical (unpaired) electrons. The van der Waals surface area contributed by atoms with E-state index in [2.05, 4.69) is 58.7 Å². The van der Waals surface area contributed by atoms with Gasteiger partial charge in [0.1, 0.15) is 0 Å². The van der Waals surface area contributed by atoms with Gasteiger partial charge in [0.2, 0.25) is 0 Å². The predicted molar refractivity (Wildman–Crippen MR) is 83.5 cm³/mol. The maximum atomic E-state index is 6.23. The highest BCUT2D eigenvalue weighted by Crippen LogP contribution is 2.37. The first kappa shape index (κ1) is 13.7. The zero-order chi connectivity index (χ0) is 14.7. The van der Waals surface area contributed by atoms with Crippen molar-refractivity contribution in [1.82, 2.24) is 4.98 Å². The number of aromatic amines is 1. The van der Waals surface area contributed by atoms with E-state index in [0.717, 1.165) is 11.0 Å². The van der Waals surface area contributed by atoms with Gasteiger partial charge in [0, 0.05) is 11.7 Å². The molecule has 1 fully saturated rings. The third kappa shape index (κ3) is 1.82. The van der Waals surface area contributed by atoms with Gasteiger partial charge in [0.05, 0.1) is 11.2 Å². The van der Waals surface area contributed by atoms with E-state index in [1.54, 1.807) is 0 Å². The molecule has 106 valence electrons. The monoisotopic (exact) mass is 271 g/mol. The Balaban J connectivity index is 2.16. The van der Waals surface area contributed by atoms with E-state index >= 15 is 0 Å². The van der Waals surface area contributed by atoms with Gasteiger partial charge < -0.3 is 14.3 Å². The van der Waals surface area contributed by atoms with E-state index in [0.29, 0.717) is 0 Å². The largest absolute Gasteiger partial charge is 0.495 e. The quantitative estimate of drug-likeness (QED) is 0.809. The van der Waals surface area contributed by atoms with Crippen molar-refractivity contribution in [1.29, 1.82) is 0 Å². The van der Waals surface area contributed by atoms with Gasteiger partial charge in [0.15, 0.2) is 0 Å². The lowest BCUT2D eigenvalue weighted by Crippen LogP contribution is -2.41. The predicted octanol–water partition coefficient (Wildman–Crippen LogP) is 3.08. The molecular weight excluding hydrogens is 249 g/mol. The summed E-state index contributed by atoms with van der Waals surface area (Å²) in [5, 5.41) is 1.19. The molecule has 1 aromatic heterocycles. The third-order valence-electron chi connectivity index (χ3n) is 4.91. The highest BCUT2D eigenvalue weighted by atomic mass is 16.7. The van der Waals surface area contributed by atoms with Crippen LogP contribution in [0.3, 0.4) is 0 Å². The Kier molecular flexibility index (Phi) is 2.83. The summed E-state index contributed by atoms with van der Waals surface area (Å²) in [7, 11) is -0.307. The van der Waals surface area contributed by atoms with Crippen LogP contribution in [0.2, 0.25) is 0 Å². The molecule has 1 aromatic carbocycles. The van der Waals surface area contributed by atoms with E-state index in [1.807, 2.05) is 6.20 Å². The molecule has 0 amide bonds. The van der Waals surface area contributed by atoms with Crippen molar-refractivity contribution in [2.75, 3.05) is 0 Å². The fourth-order valence-electron chi connectivity index (χ4n) is 2.74. The zero-order valence-electron chi connectivity index (χ0n) is 13.1. The second kappa shape index (κ2) is 4.12. The van der Waals surface area contributed by atoms with Crippen molar-refractivity contribution >= 4 is 23.5 Å². The molecule has 20 heavy (non-hydrogen) atoms. The van der Waals surface area contributed by atoms with Crippen molar-refractivity contribution in [2.45, 2.75) is 52.7 Å². The number of aryl methyl sites for hydroxylation is 1. The average Bonchev–Trinajstić information content (AvgIpc) is 2.83. The van der Waals surface area contributed by atoms with Gasteiger partial charge in [-0.3, -0.25) is 0 Å². The molecule has 1 aliphatic heterocycles. The minimum Gasteiger partial charge on any atom is -0.399 e. The molecule has 1 aliphatic rings. The topological polar surface area (TPSA) is 34.2 Å². The van der Waals surface area contributed by atoms with E-state index in [-0.39, 0.29) is 18.3 Å². The standard InChI is InChI=1S/C16H22BNO2/c1-10-9-13-12(7-8-18-13)14(11(10)2)17-19-15(3,4)16(5,6)20-17/h7-9,18H,1-6H3. The summed E-state index contributed by atoms with van der Waals surface area (Å²) in [6.07, 6.45) is 1.97. The van der Waals surface area contributed by atoms with Crippen molar-refractivity contribution < 1.29 is 9.31 Å². The van der Waals surface area contributed by atoms with Crippen LogP contribution in [0.5, 0.6) is 0 Å². The minimum absolute atomic E-state index is 0.307. The maximum absolute atomic E-state index is 6.23. The average molecular weight is 271 g/mol. The van der Waals surface area contributed by atoms with E-state index in [9.17, 15) is 0 Å². The number of nitrogens with one attached hydrogen (secondary N) is 1. The molecule has 4 heteroatoms. The summed E-state index contributed by atoms with van der Waals surface area (Å²) in [6, 6.07) is 4.28. The van der Waals surface area contributed by atoms with Gasteiger partial charge in [-0.2, -0.15) is 0 Å². The Bertz CT molecular complexity index is 656. The smallest absolute Gasteiger partial charge is 0.399 e. The second-order valence-corrected chi connectivity index (χ2v) is 6.76. The summed E-state index contributed by atoms with van der Waals surface area (Å²) in [5.74, 6) is 0. The van der Waals surface area contributed by atoms with Crippen LogP contribution in [0.15, 0.2) is 18.3 Å². The van der Waals surface area contributed by atoms with Crippen molar-refractivity contribution in [3.8, 4) is 0 Å². The Morgan fingerprint density at radius 3 is 2.25 bits per heavy atom. The Morgan fingerprint density at radius 1 is 1.05 bits per heavy atom. The second-order valence-electron chi connectivity index (χ2n) is 6.76. The molecule has 3 nitrogen and oxygen atoms in total. The van der Waals surface area contributed by atoms with Crippen LogP contribution < -0.4 is 5.46 Å². The molecule has 0 atom stereocenters. The van der Waals surface area contributed by atoms with Gasteiger partial charge in [-0.15, -0.1) is 0 Å². The molecule has 0 bridgehead atoms. The van der Waals surface area contributed by atoms with Gasteiger partial charge in [-0.25, -0.2) is 0 Å². The molecule has 1 N–H and O–H groups in total. The lowest BCUT2D eigenvalue weighted by atomic mass is 9.73. The van der Waals surface area contributed by atoms with Crippen molar-refractivity contribution in [3.05, 3.63) is 29.5 Å². The van der Waals surface area contributed by atoms with Crippen LogP contribution >= 0.6 is 0 Å². The fourth-order valence-corrected chi connectivity index (χ4v) is 2.74. The lowest BCUT2D eigenvalue weighted by Gasteiger charge is -2.32. The highest BCUT2D eigenvalue weighted by molar-refractivity contribution is 6.65. The normalized spacial score (nSPS) is 20.8. The highest BCUT2D eigenvalue weighted by Gasteiger charge is 2.52. The zero-order valence-corrected chi connectivity index (χ0v) is 13.1. The first-order chi connectivity index (χ1) is 9.23. The molecule has 2 aromatic rings. The van der Waals surface area contributed by atoms with Crippen LogP contribution in [0.25, 0.3) is 10.9 Å². The van der Waals surface area contributed by atoms with Crippen LogP contribution in [0, 0.1) is 13.8 Å². The molecule has 3 rings (SSSR count). The summed E-state index contributed by atoms with van der Waals surface area (Å²) in [6.45, 7) is 12.6. The number of aromatic nitrogens is 1. The van der Waals surface area contributed by atoms with Gasteiger partial charge in [0.25, 0.3) is 0 Å². The number of H-pyrrole nitrogens is 1. The molecule has 0 unspecified atom stereocenters. The maximum Gasteiger partial charge on any atom is 0.495 e. The summed E-state index contributed by atoms with van der Waals surface area (Å²) in [4.78, 5) is 3.28. The molecule has 1 saturated heterocycles. The van der Waals surface area contributed by atoms with Crippen LogP contribution in [-0.2, 0) is 9.31 Å². The summed E-state index contributed by atoms with van der Waals surface area (Å²) >= 11 is 0. The molecule has 0 saturated carbocycles. The SMILES string of the molecule is Cc1cc2[nH]ccc2c(B2OC(C)(C)C(C)(C)O2)c1C. The fraction of sp³-hybridized carbons (Fsp3) is 0.500. The van der Waals surface area contributed by atoms with Gasteiger partial charge in [-0.1, -0.05) is 0 Å². The molecular formula is C16H22BNO2. The number of hydrogen-bond acceptors (Lipinski definition) is 2. The Labute approximate surface area is 120 Å². The Morgan fingerprint density at radius 2 is 1.65 bits per heavy atom. The first-order valence-corrected chi connectivity index (χ1v) is 7.16. The first-order valence-electron chi connectivity index (χ1n) is 7.16. The van der Waals surface area contributed by atoms with Crippen LogP contribution in [0.4, 0.5) is 0 Å². The molecule has 0 spiro atoms. The third-order valence-corrected chi connectivity index (χ3v) is 4.91. The minimum atomic E-state index is -0.309. The van der Waals surface area contributed by atoms with Crippen LogP contribution in [-0.4, -0.2) is 23.3 Å². The summed E-state index contributed by atoms with van der Waals surface area (Å²) < 4.78 is 12.5. The number of rotatable bonds is 1. The van der Waals surface area contributed by atoms with Crippen molar-refractivity contribution in [2.24, 2.45) is 0 Å². The van der Waals surface area contributed by atoms with Crippen LogP contribution in [0.1, 0.15) is 38.8 Å². The molecule has 0 aliphatic carbocycles. The Hall–Kier alpha value is -1.26. The van der Waals surface area contributed by atoms with Crippen molar-refractivity contribution in [3.63, 3.8) is 0 Å². The molecule has 2 heterocycles. The van der Waals surface area contributed by atoms with E-state index in [1.165, 1.54) is 16.5 Å². The van der Waals surface area contributed by atoms with E-state index < -0.39 is 0 Å².